The Morgan fingerprint density at radius 3 is 2.53 bits per heavy atom. The molecule has 2 aromatic rings. The van der Waals surface area contributed by atoms with Crippen LogP contribution in [0.25, 0.3) is 0 Å². The second-order valence-corrected chi connectivity index (χ2v) is 3.63. The fraction of sp³-hybridized carbons (Fsp3) is 0.0833. The fourth-order valence-electron chi connectivity index (χ4n) is 1.53. The maximum atomic E-state index is 10.9. The molecule has 5 heteroatoms. The minimum absolute atomic E-state index is 0.0553. The molecular formula is C12H10N2O3. The van der Waals surface area contributed by atoms with Gasteiger partial charge in [-0.2, -0.15) is 0 Å². The first-order chi connectivity index (χ1) is 8.15. The van der Waals surface area contributed by atoms with Crippen LogP contribution in [0.5, 0.6) is 0 Å². The molecule has 0 fully saturated rings. The van der Waals surface area contributed by atoms with Crippen molar-refractivity contribution in [2.45, 2.75) is 6.54 Å². The van der Waals surface area contributed by atoms with E-state index < -0.39 is 4.92 Å². The van der Waals surface area contributed by atoms with Crippen LogP contribution in [0.4, 0.5) is 5.69 Å². The van der Waals surface area contributed by atoms with E-state index in [4.69, 9.17) is 0 Å². The van der Waals surface area contributed by atoms with Crippen LogP contribution < -0.4 is 5.43 Å². The molecule has 1 aromatic carbocycles. The van der Waals surface area contributed by atoms with Crippen molar-refractivity contribution in [3.63, 3.8) is 0 Å². The summed E-state index contributed by atoms with van der Waals surface area (Å²) < 4.78 is 1.79. The van der Waals surface area contributed by atoms with Gasteiger partial charge in [-0.1, -0.05) is 12.1 Å². The van der Waals surface area contributed by atoms with Crippen LogP contribution in [-0.2, 0) is 6.54 Å². The Kier molecular flexibility index (Phi) is 3.00. The number of pyridine rings is 1. The Morgan fingerprint density at radius 1 is 1.18 bits per heavy atom. The summed E-state index contributed by atoms with van der Waals surface area (Å²) in [5.41, 5.74) is 0.840. The molecule has 0 aliphatic carbocycles. The summed E-state index contributed by atoms with van der Waals surface area (Å²) >= 11 is 0. The highest BCUT2D eigenvalue weighted by Gasteiger charge is 2.05. The lowest BCUT2D eigenvalue weighted by Crippen LogP contribution is -2.04. The molecule has 1 aromatic heterocycles. The van der Waals surface area contributed by atoms with Crippen molar-refractivity contribution in [1.82, 2.24) is 4.57 Å². The lowest BCUT2D eigenvalue weighted by molar-refractivity contribution is -0.384. The third kappa shape index (κ3) is 2.78. The van der Waals surface area contributed by atoms with Crippen molar-refractivity contribution in [2.75, 3.05) is 0 Å². The molecule has 0 aliphatic heterocycles. The Morgan fingerprint density at radius 2 is 1.88 bits per heavy atom. The van der Waals surface area contributed by atoms with Gasteiger partial charge >= 0.3 is 0 Å². The third-order valence-corrected chi connectivity index (χ3v) is 2.35. The molecule has 0 saturated heterocycles. The summed E-state index contributed by atoms with van der Waals surface area (Å²) in [7, 11) is 0. The molecule has 0 N–H and O–H groups in total. The van der Waals surface area contributed by atoms with Crippen molar-refractivity contribution in [2.24, 2.45) is 0 Å². The van der Waals surface area contributed by atoms with Crippen LogP contribution in [0, 0.1) is 10.1 Å². The third-order valence-electron chi connectivity index (χ3n) is 2.35. The Bertz CT molecular complexity index is 584. The van der Waals surface area contributed by atoms with Crippen molar-refractivity contribution < 1.29 is 4.92 Å². The predicted octanol–water partition coefficient (Wildman–Crippen LogP) is 1.80. The maximum absolute atomic E-state index is 10.9. The zero-order chi connectivity index (χ0) is 12.3. The van der Waals surface area contributed by atoms with Gasteiger partial charge in [-0.15, -0.1) is 0 Å². The van der Waals surface area contributed by atoms with Crippen molar-refractivity contribution in [3.05, 3.63) is 74.7 Å². The van der Waals surface area contributed by atoms with Gasteiger partial charge in [0.1, 0.15) is 0 Å². The lowest BCUT2D eigenvalue weighted by atomic mass is 10.2. The molecule has 0 saturated carbocycles. The van der Waals surface area contributed by atoms with E-state index in [1.807, 2.05) is 6.07 Å². The first kappa shape index (κ1) is 11.1. The molecule has 17 heavy (non-hydrogen) atoms. The van der Waals surface area contributed by atoms with Gasteiger partial charge in [0, 0.05) is 43.2 Å². The molecule has 0 atom stereocenters. The summed E-state index contributed by atoms with van der Waals surface area (Å²) in [6, 6.07) is 9.35. The van der Waals surface area contributed by atoms with E-state index in [0.717, 1.165) is 5.56 Å². The number of nitro groups is 1. The SMILES string of the molecule is O=c1ccn(Cc2cccc([N+](=O)[O-])c2)cc1. The van der Waals surface area contributed by atoms with Gasteiger partial charge in [0.2, 0.25) is 0 Å². The van der Waals surface area contributed by atoms with E-state index in [2.05, 4.69) is 0 Å². The van der Waals surface area contributed by atoms with Gasteiger partial charge < -0.3 is 4.57 Å². The number of non-ortho nitro benzene ring substituents is 1. The summed E-state index contributed by atoms with van der Waals surface area (Å²) in [6.07, 6.45) is 3.31. The number of rotatable bonds is 3. The van der Waals surface area contributed by atoms with Crippen LogP contribution >= 0.6 is 0 Å². The van der Waals surface area contributed by atoms with Crippen molar-refractivity contribution in [3.8, 4) is 0 Å². The van der Waals surface area contributed by atoms with Gasteiger partial charge in [0.05, 0.1) is 4.92 Å². The van der Waals surface area contributed by atoms with E-state index in [0.29, 0.717) is 6.54 Å². The predicted molar refractivity (Wildman–Crippen MR) is 62.9 cm³/mol. The molecule has 5 nitrogen and oxygen atoms in total. The molecule has 0 spiro atoms. The zero-order valence-corrected chi connectivity index (χ0v) is 8.95. The number of hydrogen-bond donors (Lipinski definition) is 0. The summed E-state index contributed by atoms with van der Waals surface area (Å²) in [5.74, 6) is 0. The average molecular weight is 230 g/mol. The monoisotopic (exact) mass is 230 g/mol. The zero-order valence-electron chi connectivity index (χ0n) is 8.95. The molecule has 1 heterocycles. The van der Waals surface area contributed by atoms with Gasteiger partial charge in [-0.05, 0) is 5.56 Å². The minimum atomic E-state index is -0.422. The van der Waals surface area contributed by atoms with Crippen molar-refractivity contribution >= 4 is 5.69 Å². The highest BCUT2D eigenvalue weighted by molar-refractivity contribution is 5.34. The lowest BCUT2D eigenvalue weighted by Gasteiger charge is -2.05. The fourth-order valence-corrected chi connectivity index (χ4v) is 1.53. The van der Waals surface area contributed by atoms with E-state index in [-0.39, 0.29) is 11.1 Å². The highest BCUT2D eigenvalue weighted by Crippen LogP contribution is 2.13. The van der Waals surface area contributed by atoms with Gasteiger partial charge in [-0.3, -0.25) is 14.9 Å². The van der Waals surface area contributed by atoms with Crippen LogP contribution in [0.1, 0.15) is 5.56 Å². The largest absolute Gasteiger partial charge is 0.350 e. The molecule has 86 valence electrons. The topological polar surface area (TPSA) is 65.1 Å². The molecular weight excluding hydrogens is 220 g/mol. The smallest absolute Gasteiger partial charge is 0.269 e. The second-order valence-electron chi connectivity index (χ2n) is 3.63. The first-order valence-corrected chi connectivity index (χ1v) is 5.04. The van der Waals surface area contributed by atoms with E-state index in [9.17, 15) is 14.9 Å². The highest BCUT2D eigenvalue weighted by atomic mass is 16.6. The Labute approximate surface area is 97.1 Å². The number of nitro benzene ring substituents is 1. The van der Waals surface area contributed by atoms with E-state index in [1.54, 1.807) is 23.0 Å². The van der Waals surface area contributed by atoms with Crippen LogP contribution in [0.3, 0.4) is 0 Å². The summed E-state index contributed by atoms with van der Waals surface area (Å²) in [5, 5.41) is 10.6. The molecule has 0 unspecified atom stereocenters. The average Bonchev–Trinajstić information content (AvgIpc) is 2.32. The molecule has 2 rings (SSSR count). The normalized spacial score (nSPS) is 10.1. The number of nitrogens with zero attached hydrogens (tertiary/aromatic N) is 2. The first-order valence-electron chi connectivity index (χ1n) is 5.04. The Hall–Kier alpha value is -2.43. The molecule has 0 radical (unpaired) electrons. The number of hydrogen-bond acceptors (Lipinski definition) is 3. The molecule has 0 bridgehead atoms. The Balaban J connectivity index is 2.24. The summed E-state index contributed by atoms with van der Waals surface area (Å²) in [6.45, 7) is 0.502. The minimum Gasteiger partial charge on any atom is -0.350 e. The van der Waals surface area contributed by atoms with Crippen LogP contribution in [0.15, 0.2) is 53.6 Å². The maximum Gasteiger partial charge on any atom is 0.269 e. The second kappa shape index (κ2) is 4.61. The summed E-state index contributed by atoms with van der Waals surface area (Å²) in [4.78, 5) is 21.1. The standard InChI is InChI=1S/C12H10N2O3/c15-12-4-6-13(7-5-12)9-10-2-1-3-11(8-10)14(16)17/h1-8H,9H2. The number of aromatic nitrogens is 1. The molecule has 0 aliphatic rings. The van der Waals surface area contributed by atoms with Crippen molar-refractivity contribution in [1.29, 1.82) is 0 Å². The van der Waals surface area contributed by atoms with Gasteiger partial charge in [0.15, 0.2) is 5.43 Å². The number of benzene rings is 1. The van der Waals surface area contributed by atoms with Gasteiger partial charge in [0.25, 0.3) is 5.69 Å². The van der Waals surface area contributed by atoms with E-state index in [1.165, 1.54) is 24.3 Å². The van der Waals surface area contributed by atoms with Gasteiger partial charge in [-0.25, -0.2) is 0 Å². The van der Waals surface area contributed by atoms with E-state index >= 15 is 0 Å². The van der Waals surface area contributed by atoms with Crippen LogP contribution in [-0.4, -0.2) is 9.49 Å². The molecule has 0 amide bonds. The van der Waals surface area contributed by atoms with Crippen LogP contribution in [0.2, 0.25) is 0 Å². The quantitative estimate of drug-likeness (QED) is 0.596.